The van der Waals surface area contributed by atoms with Gasteiger partial charge in [-0.25, -0.2) is 4.68 Å². The average molecular weight is 334 g/mol. The zero-order chi connectivity index (χ0) is 16.4. The summed E-state index contributed by atoms with van der Waals surface area (Å²) < 4.78 is 1.82. The number of thiazole rings is 1. The third kappa shape index (κ3) is 3.42. The van der Waals surface area contributed by atoms with Gasteiger partial charge in [-0.3, -0.25) is 9.78 Å². The van der Waals surface area contributed by atoms with Crippen molar-refractivity contribution in [2.45, 2.75) is 50.7 Å². The van der Waals surface area contributed by atoms with Crippen LogP contribution in [0.15, 0.2) is 17.9 Å². The van der Waals surface area contributed by atoms with E-state index in [0.717, 1.165) is 30.6 Å². The van der Waals surface area contributed by atoms with Crippen molar-refractivity contribution in [2.75, 3.05) is 7.05 Å². The summed E-state index contributed by atoms with van der Waals surface area (Å²) in [6, 6.07) is 0.558. The number of carbonyl (C=O) groups is 1. The molecule has 1 saturated carbocycles. The van der Waals surface area contributed by atoms with E-state index in [1.165, 1.54) is 0 Å². The van der Waals surface area contributed by atoms with E-state index in [1.54, 1.807) is 41.2 Å². The summed E-state index contributed by atoms with van der Waals surface area (Å²) in [6.07, 6.45) is 7.53. The lowest BCUT2D eigenvalue weighted by molar-refractivity contribution is 0.0738. The number of carbonyl (C=O) groups excluding carboxylic acids is 1. The molecule has 2 aromatic rings. The van der Waals surface area contributed by atoms with Crippen molar-refractivity contribution in [3.63, 3.8) is 0 Å². The van der Waals surface area contributed by atoms with Crippen molar-refractivity contribution in [1.29, 1.82) is 0 Å². The minimum atomic E-state index is -0.121. The summed E-state index contributed by atoms with van der Waals surface area (Å²) in [5.74, 6) is -0.121. The van der Waals surface area contributed by atoms with Gasteiger partial charge < -0.3 is 10.6 Å². The summed E-state index contributed by atoms with van der Waals surface area (Å²) >= 11 is 1.54. The maximum atomic E-state index is 12.6. The molecule has 0 unspecified atom stereocenters. The number of amides is 1. The number of nitrogens with zero attached hydrogens (tertiary/aromatic N) is 5. The van der Waals surface area contributed by atoms with Gasteiger partial charge in [0.25, 0.3) is 5.91 Å². The summed E-state index contributed by atoms with van der Waals surface area (Å²) in [5.41, 5.74) is 8.10. The van der Waals surface area contributed by atoms with Crippen molar-refractivity contribution >= 4 is 17.2 Å². The van der Waals surface area contributed by atoms with Crippen molar-refractivity contribution in [3.05, 3.63) is 28.5 Å². The Bertz CT molecular complexity index is 647. The lowest BCUT2D eigenvalue weighted by Gasteiger charge is -2.25. The molecule has 1 amide bonds. The molecule has 0 radical (unpaired) electrons. The Hall–Kier alpha value is -1.80. The fraction of sp³-hybridized carbons (Fsp3) is 0.600. The van der Waals surface area contributed by atoms with Crippen LogP contribution in [0, 0.1) is 0 Å². The maximum absolute atomic E-state index is 12.6. The first kappa shape index (κ1) is 16.1. The van der Waals surface area contributed by atoms with E-state index in [0.29, 0.717) is 17.8 Å². The molecule has 2 aromatic heterocycles. The van der Waals surface area contributed by atoms with Gasteiger partial charge in [-0.1, -0.05) is 5.21 Å². The standard InChI is InChI=1S/C15H22N6OS/c1-10(14-7-17-9-23-14)20(2)15(22)13-8-21(19-18-13)12-5-3-11(16)4-6-12/h7-12H,3-6,16H2,1-2H3/t10-,11?,12?/m0/s1. The molecule has 7 nitrogen and oxygen atoms in total. The van der Waals surface area contributed by atoms with Gasteiger partial charge in [-0.05, 0) is 32.6 Å². The van der Waals surface area contributed by atoms with Crippen molar-refractivity contribution in [1.82, 2.24) is 24.9 Å². The van der Waals surface area contributed by atoms with Crippen LogP contribution in [0.5, 0.6) is 0 Å². The van der Waals surface area contributed by atoms with E-state index in [4.69, 9.17) is 5.73 Å². The number of aromatic nitrogens is 4. The van der Waals surface area contributed by atoms with Crippen LogP contribution < -0.4 is 5.73 Å². The topological polar surface area (TPSA) is 89.9 Å². The lowest BCUT2D eigenvalue weighted by Crippen LogP contribution is -2.29. The summed E-state index contributed by atoms with van der Waals surface area (Å²) in [7, 11) is 1.78. The molecular weight excluding hydrogens is 312 g/mol. The molecule has 124 valence electrons. The minimum absolute atomic E-state index is 0.0344. The lowest BCUT2D eigenvalue weighted by atomic mass is 9.92. The molecule has 2 N–H and O–H groups in total. The zero-order valence-corrected chi connectivity index (χ0v) is 14.2. The first-order valence-corrected chi connectivity index (χ1v) is 8.77. The molecular formula is C15H22N6OS. The Morgan fingerprint density at radius 2 is 2.17 bits per heavy atom. The molecule has 2 heterocycles. The van der Waals surface area contributed by atoms with Crippen LogP contribution >= 0.6 is 11.3 Å². The fourth-order valence-electron chi connectivity index (χ4n) is 2.90. The van der Waals surface area contributed by atoms with Crippen LogP contribution in [0.1, 0.15) is 60.1 Å². The molecule has 0 saturated heterocycles. The highest BCUT2D eigenvalue weighted by molar-refractivity contribution is 7.09. The van der Waals surface area contributed by atoms with Crippen LogP contribution in [0.2, 0.25) is 0 Å². The van der Waals surface area contributed by atoms with Gasteiger partial charge >= 0.3 is 0 Å². The third-order valence-electron chi connectivity index (χ3n) is 4.61. The smallest absolute Gasteiger partial charge is 0.276 e. The van der Waals surface area contributed by atoms with Gasteiger partial charge in [0.1, 0.15) is 0 Å². The SMILES string of the molecule is C[C@@H](c1cncs1)N(C)C(=O)c1cn(C2CCC(N)CC2)nn1. The van der Waals surface area contributed by atoms with Crippen molar-refractivity contribution < 1.29 is 4.79 Å². The van der Waals surface area contributed by atoms with Crippen LogP contribution in [-0.4, -0.2) is 43.9 Å². The van der Waals surface area contributed by atoms with E-state index in [1.807, 2.05) is 11.6 Å². The summed E-state index contributed by atoms with van der Waals surface area (Å²) in [5, 5.41) is 8.23. The second-order valence-electron chi connectivity index (χ2n) is 6.15. The molecule has 1 atom stereocenters. The number of nitrogens with two attached hydrogens (primary N) is 1. The molecule has 0 aliphatic heterocycles. The Labute approximate surface area is 139 Å². The number of rotatable bonds is 4. The Morgan fingerprint density at radius 1 is 1.43 bits per heavy atom. The van der Waals surface area contributed by atoms with Gasteiger partial charge in [0.05, 0.1) is 23.8 Å². The van der Waals surface area contributed by atoms with Crippen LogP contribution in [0.4, 0.5) is 0 Å². The Morgan fingerprint density at radius 3 is 2.83 bits per heavy atom. The Kier molecular flexibility index (Phi) is 4.72. The van der Waals surface area contributed by atoms with Gasteiger partial charge in [-0.2, -0.15) is 0 Å². The van der Waals surface area contributed by atoms with Crippen LogP contribution in [0.25, 0.3) is 0 Å². The van der Waals surface area contributed by atoms with E-state index in [2.05, 4.69) is 15.3 Å². The highest BCUT2D eigenvalue weighted by atomic mass is 32.1. The molecule has 0 spiro atoms. The quantitative estimate of drug-likeness (QED) is 0.924. The zero-order valence-electron chi connectivity index (χ0n) is 13.4. The Balaban J connectivity index is 1.68. The molecule has 23 heavy (non-hydrogen) atoms. The second kappa shape index (κ2) is 6.76. The summed E-state index contributed by atoms with van der Waals surface area (Å²) in [4.78, 5) is 19.4. The first-order valence-electron chi connectivity index (χ1n) is 7.89. The number of hydrogen-bond acceptors (Lipinski definition) is 6. The van der Waals surface area contributed by atoms with Crippen molar-refractivity contribution in [3.8, 4) is 0 Å². The largest absolute Gasteiger partial charge is 0.333 e. The third-order valence-corrected chi connectivity index (χ3v) is 5.56. The second-order valence-corrected chi connectivity index (χ2v) is 7.07. The first-order chi connectivity index (χ1) is 11.1. The highest BCUT2D eigenvalue weighted by Crippen LogP contribution is 2.27. The van der Waals surface area contributed by atoms with Gasteiger partial charge in [0.15, 0.2) is 5.69 Å². The van der Waals surface area contributed by atoms with Gasteiger partial charge in [-0.15, -0.1) is 16.4 Å². The van der Waals surface area contributed by atoms with E-state index in [9.17, 15) is 4.79 Å². The van der Waals surface area contributed by atoms with E-state index in [-0.39, 0.29) is 11.9 Å². The molecule has 0 bridgehead atoms. The predicted molar refractivity (Wildman–Crippen MR) is 88.1 cm³/mol. The van der Waals surface area contributed by atoms with Crippen molar-refractivity contribution in [2.24, 2.45) is 5.73 Å². The van der Waals surface area contributed by atoms with Gasteiger partial charge in [0.2, 0.25) is 0 Å². The maximum Gasteiger partial charge on any atom is 0.276 e. The molecule has 1 fully saturated rings. The average Bonchev–Trinajstić information content (AvgIpc) is 3.25. The van der Waals surface area contributed by atoms with Gasteiger partial charge in [0, 0.05) is 24.2 Å². The molecule has 8 heteroatoms. The summed E-state index contributed by atoms with van der Waals surface area (Å²) in [6.45, 7) is 1.98. The molecule has 1 aliphatic rings. The van der Waals surface area contributed by atoms with E-state index < -0.39 is 0 Å². The molecule has 3 rings (SSSR count). The monoisotopic (exact) mass is 334 g/mol. The van der Waals surface area contributed by atoms with E-state index >= 15 is 0 Å². The van der Waals surface area contributed by atoms with Crippen LogP contribution in [-0.2, 0) is 0 Å². The normalized spacial score (nSPS) is 22.7. The fourth-order valence-corrected chi connectivity index (χ4v) is 3.62. The van der Waals surface area contributed by atoms with Crippen LogP contribution in [0.3, 0.4) is 0 Å². The number of hydrogen-bond donors (Lipinski definition) is 1. The highest BCUT2D eigenvalue weighted by Gasteiger charge is 2.25. The molecule has 0 aromatic carbocycles. The predicted octanol–water partition coefficient (Wildman–Crippen LogP) is 2.01. The minimum Gasteiger partial charge on any atom is -0.333 e. The molecule has 1 aliphatic carbocycles.